The standard InChI is InChI=1S/C19H20N6/c20-13-17-19(23-18-3-1-2-10-25(17)18)22-14-15-6-11-24(12-7-15)16-4-8-21-9-5-16/h1-5,8-10,15,22H,6-7,11-12,14H2. The molecule has 0 saturated carbocycles. The number of anilines is 2. The van der Waals surface area contributed by atoms with Crippen molar-refractivity contribution in [1.29, 1.82) is 5.26 Å². The van der Waals surface area contributed by atoms with Gasteiger partial charge in [-0.3, -0.25) is 9.38 Å². The van der Waals surface area contributed by atoms with E-state index in [2.05, 4.69) is 38.4 Å². The second-order valence-electron chi connectivity index (χ2n) is 6.37. The van der Waals surface area contributed by atoms with E-state index in [9.17, 15) is 5.26 Å². The van der Waals surface area contributed by atoms with Crippen LogP contribution in [0.5, 0.6) is 0 Å². The number of pyridine rings is 2. The van der Waals surface area contributed by atoms with Crippen molar-refractivity contribution < 1.29 is 0 Å². The highest BCUT2D eigenvalue weighted by Crippen LogP contribution is 2.24. The zero-order valence-corrected chi connectivity index (χ0v) is 14.0. The highest BCUT2D eigenvalue weighted by molar-refractivity contribution is 5.58. The summed E-state index contributed by atoms with van der Waals surface area (Å²) in [5.41, 5.74) is 2.62. The molecule has 4 heterocycles. The van der Waals surface area contributed by atoms with Gasteiger partial charge >= 0.3 is 0 Å². The quantitative estimate of drug-likeness (QED) is 0.795. The van der Waals surface area contributed by atoms with Crippen LogP contribution < -0.4 is 10.2 Å². The molecule has 0 bridgehead atoms. The number of rotatable bonds is 4. The van der Waals surface area contributed by atoms with Gasteiger partial charge in [-0.15, -0.1) is 0 Å². The fraction of sp³-hybridized carbons (Fsp3) is 0.316. The summed E-state index contributed by atoms with van der Waals surface area (Å²) >= 11 is 0. The Morgan fingerprint density at radius 1 is 1.16 bits per heavy atom. The molecule has 0 atom stereocenters. The van der Waals surface area contributed by atoms with E-state index in [1.54, 1.807) is 0 Å². The van der Waals surface area contributed by atoms with Crippen LogP contribution in [0, 0.1) is 17.2 Å². The molecule has 4 rings (SSSR count). The lowest BCUT2D eigenvalue weighted by Gasteiger charge is -2.33. The van der Waals surface area contributed by atoms with Gasteiger partial charge < -0.3 is 10.2 Å². The number of aromatic nitrogens is 3. The molecular weight excluding hydrogens is 312 g/mol. The predicted octanol–water partition coefficient (Wildman–Crippen LogP) is 2.93. The normalized spacial score (nSPS) is 15.2. The molecule has 25 heavy (non-hydrogen) atoms. The molecule has 1 fully saturated rings. The molecule has 0 spiro atoms. The Kier molecular flexibility index (Phi) is 4.21. The van der Waals surface area contributed by atoms with Gasteiger partial charge in [-0.2, -0.15) is 5.26 Å². The molecule has 1 aliphatic rings. The third kappa shape index (κ3) is 3.13. The van der Waals surface area contributed by atoms with E-state index < -0.39 is 0 Å². The molecule has 1 aliphatic heterocycles. The molecular formula is C19H20N6. The first kappa shape index (κ1) is 15.5. The maximum atomic E-state index is 9.44. The van der Waals surface area contributed by atoms with Gasteiger partial charge in [0.05, 0.1) is 0 Å². The zero-order chi connectivity index (χ0) is 17.1. The number of nitriles is 1. The van der Waals surface area contributed by atoms with Gasteiger partial charge in [0, 0.05) is 43.9 Å². The zero-order valence-electron chi connectivity index (χ0n) is 14.0. The predicted molar refractivity (Wildman–Crippen MR) is 97.6 cm³/mol. The van der Waals surface area contributed by atoms with Crippen molar-refractivity contribution in [1.82, 2.24) is 14.4 Å². The maximum absolute atomic E-state index is 9.44. The molecule has 0 unspecified atom stereocenters. The number of hydrogen-bond donors (Lipinski definition) is 1. The highest BCUT2D eigenvalue weighted by atomic mass is 15.1. The summed E-state index contributed by atoms with van der Waals surface area (Å²) in [6.07, 6.45) is 7.82. The van der Waals surface area contributed by atoms with Gasteiger partial charge in [-0.25, -0.2) is 4.98 Å². The first-order valence-electron chi connectivity index (χ1n) is 8.61. The summed E-state index contributed by atoms with van der Waals surface area (Å²) < 4.78 is 1.83. The lowest BCUT2D eigenvalue weighted by molar-refractivity contribution is 0.423. The SMILES string of the molecule is N#Cc1c(NCC2CCN(c3ccncc3)CC2)nc2ccccn12. The first-order valence-corrected chi connectivity index (χ1v) is 8.61. The molecule has 126 valence electrons. The van der Waals surface area contributed by atoms with Crippen molar-refractivity contribution >= 4 is 17.2 Å². The number of fused-ring (bicyclic) bond motifs is 1. The second kappa shape index (κ2) is 6.81. The van der Waals surface area contributed by atoms with Gasteiger partial charge in [0.15, 0.2) is 11.5 Å². The lowest BCUT2D eigenvalue weighted by Crippen LogP contribution is -2.35. The van der Waals surface area contributed by atoms with Gasteiger partial charge in [0.2, 0.25) is 0 Å². The van der Waals surface area contributed by atoms with E-state index in [0.717, 1.165) is 38.1 Å². The Morgan fingerprint density at radius 2 is 1.96 bits per heavy atom. The lowest BCUT2D eigenvalue weighted by atomic mass is 9.96. The number of nitrogens with zero attached hydrogens (tertiary/aromatic N) is 5. The molecule has 0 aromatic carbocycles. The van der Waals surface area contributed by atoms with Crippen LogP contribution in [0.3, 0.4) is 0 Å². The highest BCUT2D eigenvalue weighted by Gasteiger charge is 2.20. The van der Waals surface area contributed by atoms with Crippen LogP contribution in [0.2, 0.25) is 0 Å². The van der Waals surface area contributed by atoms with Gasteiger partial charge in [0.1, 0.15) is 11.7 Å². The van der Waals surface area contributed by atoms with E-state index in [-0.39, 0.29) is 0 Å². The Balaban J connectivity index is 1.38. The summed E-state index contributed by atoms with van der Waals surface area (Å²) in [6.45, 7) is 2.95. The Bertz CT molecular complexity index is 887. The van der Waals surface area contributed by atoms with Crippen molar-refractivity contribution in [3.8, 4) is 6.07 Å². The number of nitrogens with one attached hydrogen (secondary N) is 1. The smallest absolute Gasteiger partial charge is 0.168 e. The van der Waals surface area contributed by atoms with Crippen molar-refractivity contribution in [2.75, 3.05) is 29.9 Å². The van der Waals surface area contributed by atoms with Gasteiger partial charge in [0.25, 0.3) is 0 Å². The molecule has 6 heteroatoms. The van der Waals surface area contributed by atoms with Crippen molar-refractivity contribution in [3.63, 3.8) is 0 Å². The fourth-order valence-electron chi connectivity index (χ4n) is 3.42. The minimum absolute atomic E-state index is 0.574. The van der Waals surface area contributed by atoms with Crippen molar-refractivity contribution in [3.05, 3.63) is 54.6 Å². The van der Waals surface area contributed by atoms with Crippen molar-refractivity contribution in [2.45, 2.75) is 12.8 Å². The van der Waals surface area contributed by atoms with Crippen molar-refractivity contribution in [2.24, 2.45) is 5.92 Å². The Hall–Kier alpha value is -3.07. The van der Waals surface area contributed by atoms with Crippen LogP contribution in [0.1, 0.15) is 18.5 Å². The molecule has 0 amide bonds. The maximum Gasteiger partial charge on any atom is 0.168 e. The summed E-state index contributed by atoms with van der Waals surface area (Å²) in [6, 6.07) is 12.1. The van der Waals surface area contributed by atoms with E-state index in [1.807, 2.05) is 41.2 Å². The third-order valence-corrected chi connectivity index (χ3v) is 4.84. The second-order valence-corrected chi connectivity index (χ2v) is 6.37. The molecule has 1 N–H and O–H groups in total. The number of piperidine rings is 1. The van der Waals surface area contributed by atoms with Crippen LogP contribution in [0.4, 0.5) is 11.5 Å². The molecule has 0 aliphatic carbocycles. The minimum Gasteiger partial charge on any atom is -0.371 e. The fourth-order valence-corrected chi connectivity index (χ4v) is 3.42. The Labute approximate surface area is 146 Å². The molecule has 1 saturated heterocycles. The van der Waals surface area contributed by atoms with Crippen LogP contribution in [-0.4, -0.2) is 34.0 Å². The molecule has 3 aromatic heterocycles. The first-order chi connectivity index (χ1) is 12.3. The summed E-state index contributed by atoms with van der Waals surface area (Å²) in [5, 5.41) is 12.8. The largest absolute Gasteiger partial charge is 0.371 e. The monoisotopic (exact) mass is 332 g/mol. The third-order valence-electron chi connectivity index (χ3n) is 4.84. The molecule has 6 nitrogen and oxygen atoms in total. The van der Waals surface area contributed by atoms with Crippen LogP contribution >= 0.6 is 0 Å². The minimum atomic E-state index is 0.574. The van der Waals surface area contributed by atoms with Gasteiger partial charge in [-0.1, -0.05) is 6.07 Å². The van der Waals surface area contributed by atoms with E-state index in [4.69, 9.17) is 0 Å². The molecule has 0 radical (unpaired) electrons. The Morgan fingerprint density at radius 3 is 2.72 bits per heavy atom. The van der Waals surface area contributed by atoms with E-state index in [1.165, 1.54) is 5.69 Å². The summed E-state index contributed by atoms with van der Waals surface area (Å²) in [4.78, 5) is 11.0. The molecule has 3 aromatic rings. The van der Waals surface area contributed by atoms with E-state index in [0.29, 0.717) is 17.4 Å². The van der Waals surface area contributed by atoms with Crippen LogP contribution in [0.25, 0.3) is 5.65 Å². The van der Waals surface area contributed by atoms with Gasteiger partial charge in [-0.05, 0) is 43.0 Å². The summed E-state index contributed by atoms with van der Waals surface area (Å²) in [7, 11) is 0. The average Bonchev–Trinajstić information content (AvgIpc) is 3.05. The van der Waals surface area contributed by atoms with Crippen LogP contribution in [0.15, 0.2) is 48.9 Å². The van der Waals surface area contributed by atoms with Crippen LogP contribution in [-0.2, 0) is 0 Å². The summed E-state index contributed by atoms with van der Waals surface area (Å²) in [5.74, 6) is 1.28. The average molecular weight is 332 g/mol. The number of imidazole rings is 1. The topological polar surface area (TPSA) is 69.2 Å². The number of hydrogen-bond acceptors (Lipinski definition) is 5. The van der Waals surface area contributed by atoms with E-state index >= 15 is 0 Å².